The molecule has 1 N–H and O–H groups in total. The number of nitrogens with one attached hydrogen (secondary N) is 1. The summed E-state index contributed by atoms with van der Waals surface area (Å²) in [6, 6.07) is 16.9. The fraction of sp³-hybridized carbons (Fsp3) is 0.261. The van der Waals surface area contributed by atoms with Crippen LogP contribution in [0.15, 0.2) is 65.5 Å². The number of amides is 1. The molecule has 1 heterocycles. The van der Waals surface area contributed by atoms with Gasteiger partial charge >= 0.3 is 0 Å². The van der Waals surface area contributed by atoms with Crippen LogP contribution in [0.1, 0.15) is 18.9 Å². The Balaban J connectivity index is 1.67. The summed E-state index contributed by atoms with van der Waals surface area (Å²) in [5.41, 5.74) is 1.75. The van der Waals surface area contributed by atoms with E-state index in [1.807, 2.05) is 37.3 Å². The molecule has 0 unspecified atom stereocenters. The molecule has 0 spiro atoms. The molecule has 0 saturated heterocycles. The molecular formula is C23H24FN3O3. The zero-order valence-corrected chi connectivity index (χ0v) is 17.0. The predicted molar refractivity (Wildman–Crippen MR) is 113 cm³/mol. The highest BCUT2D eigenvalue weighted by atomic mass is 19.1. The van der Waals surface area contributed by atoms with Gasteiger partial charge in [0.25, 0.3) is 5.56 Å². The van der Waals surface area contributed by atoms with E-state index in [0.717, 1.165) is 17.5 Å². The van der Waals surface area contributed by atoms with Crippen molar-refractivity contribution in [1.82, 2.24) is 15.1 Å². The topological polar surface area (TPSA) is 73.2 Å². The molecule has 0 bridgehead atoms. The van der Waals surface area contributed by atoms with Gasteiger partial charge in [0.15, 0.2) is 0 Å². The zero-order valence-electron chi connectivity index (χ0n) is 17.0. The fourth-order valence-corrected chi connectivity index (χ4v) is 3.14. The quantitative estimate of drug-likeness (QED) is 0.620. The Labute approximate surface area is 174 Å². The molecule has 0 fully saturated rings. The van der Waals surface area contributed by atoms with E-state index in [9.17, 15) is 14.0 Å². The van der Waals surface area contributed by atoms with E-state index < -0.39 is 11.4 Å². The number of nitrogens with zero attached hydrogens (tertiary/aromatic N) is 2. The number of aryl methyl sites for hydroxylation is 1. The molecule has 0 saturated carbocycles. The van der Waals surface area contributed by atoms with E-state index in [4.69, 9.17) is 4.74 Å². The smallest absolute Gasteiger partial charge is 0.267 e. The Kier molecular flexibility index (Phi) is 6.95. The second-order valence-corrected chi connectivity index (χ2v) is 7.05. The molecule has 2 aromatic carbocycles. The van der Waals surface area contributed by atoms with Crippen molar-refractivity contribution < 1.29 is 13.9 Å². The van der Waals surface area contributed by atoms with Crippen LogP contribution in [-0.2, 0) is 17.8 Å². The molecule has 1 amide bonds. The van der Waals surface area contributed by atoms with Crippen LogP contribution in [0.25, 0.3) is 11.3 Å². The third-order valence-corrected chi connectivity index (χ3v) is 4.72. The molecular weight excluding hydrogens is 385 g/mol. The van der Waals surface area contributed by atoms with E-state index in [1.54, 1.807) is 0 Å². The fourth-order valence-electron chi connectivity index (χ4n) is 3.14. The number of carbonyl (C=O) groups is 1. The third-order valence-electron chi connectivity index (χ3n) is 4.72. The lowest BCUT2D eigenvalue weighted by molar-refractivity contribution is -0.122. The van der Waals surface area contributed by atoms with E-state index >= 15 is 0 Å². The predicted octanol–water partition coefficient (Wildman–Crippen LogP) is 3.20. The number of rotatable bonds is 8. The van der Waals surface area contributed by atoms with Crippen molar-refractivity contribution in [3.8, 4) is 17.0 Å². The van der Waals surface area contributed by atoms with Gasteiger partial charge in [0, 0.05) is 23.7 Å². The highest BCUT2D eigenvalue weighted by Crippen LogP contribution is 2.28. The first kappa shape index (κ1) is 21.2. The minimum absolute atomic E-state index is 0.0474. The summed E-state index contributed by atoms with van der Waals surface area (Å²) < 4.78 is 19.7. The summed E-state index contributed by atoms with van der Waals surface area (Å²) in [5.74, 6) is -0.437. The Hall–Kier alpha value is -3.48. The Morgan fingerprint density at radius 2 is 1.93 bits per heavy atom. The average molecular weight is 409 g/mol. The van der Waals surface area contributed by atoms with Crippen LogP contribution >= 0.6 is 0 Å². The van der Waals surface area contributed by atoms with Gasteiger partial charge in [-0.1, -0.05) is 30.3 Å². The summed E-state index contributed by atoms with van der Waals surface area (Å²) >= 11 is 0. The number of hydrogen-bond acceptors (Lipinski definition) is 4. The zero-order chi connectivity index (χ0) is 21.5. The lowest BCUT2D eigenvalue weighted by Gasteiger charge is -2.15. The minimum Gasteiger partial charge on any atom is -0.496 e. The molecule has 1 aromatic heterocycles. The summed E-state index contributed by atoms with van der Waals surface area (Å²) in [6.07, 6.45) is 1.63. The molecule has 6 nitrogen and oxygen atoms in total. The number of aromatic nitrogens is 2. The Morgan fingerprint density at radius 1 is 1.17 bits per heavy atom. The maximum atomic E-state index is 13.4. The van der Waals surface area contributed by atoms with E-state index in [2.05, 4.69) is 10.4 Å². The second kappa shape index (κ2) is 9.82. The summed E-state index contributed by atoms with van der Waals surface area (Å²) in [5, 5.41) is 7.16. The van der Waals surface area contributed by atoms with E-state index in [0.29, 0.717) is 17.0 Å². The van der Waals surface area contributed by atoms with Gasteiger partial charge in [-0.3, -0.25) is 9.59 Å². The molecule has 1 atom stereocenters. The first-order valence-corrected chi connectivity index (χ1v) is 9.71. The van der Waals surface area contributed by atoms with Gasteiger partial charge in [0.05, 0.1) is 12.8 Å². The van der Waals surface area contributed by atoms with Crippen molar-refractivity contribution in [2.75, 3.05) is 7.11 Å². The highest BCUT2D eigenvalue weighted by molar-refractivity contribution is 5.76. The molecule has 3 aromatic rings. The molecule has 3 rings (SSSR count). The Bertz CT molecular complexity index is 1070. The monoisotopic (exact) mass is 409 g/mol. The largest absolute Gasteiger partial charge is 0.496 e. The van der Waals surface area contributed by atoms with Crippen LogP contribution in [0.5, 0.6) is 5.75 Å². The van der Waals surface area contributed by atoms with Gasteiger partial charge in [-0.15, -0.1) is 0 Å². The number of halogens is 1. The first-order chi connectivity index (χ1) is 14.5. The van der Waals surface area contributed by atoms with Gasteiger partial charge in [0.1, 0.15) is 18.1 Å². The van der Waals surface area contributed by atoms with Crippen LogP contribution in [0.3, 0.4) is 0 Å². The van der Waals surface area contributed by atoms with Gasteiger partial charge in [-0.25, -0.2) is 9.07 Å². The molecule has 30 heavy (non-hydrogen) atoms. The molecule has 156 valence electrons. The van der Waals surface area contributed by atoms with Crippen molar-refractivity contribution in [1.29, 1.82) is 0 Å². The Morgan fingerprint density at radius 3 is 2.67 bits per heavy atom. The third kappa shape index (κ3) is 5.53. The van der Waals surface area contributed by atoms with Gasteiger partial charge in [-0.2, -0.15) is 5.10 Å². The number of ether oxygens (including phenoxy) is 1. The minimum atomic E-state index is -0.437. The molecule has 0 aliphatic heterocycles. The molecule has 7 heteroatoms. The maximum Gasteiger partial charge on any atom is 0.267 e. The number of methoxy groups -OCH3 is 1. The summed E-state index contributed by atoms with van der Waals surface area (Å²) in [7, 11) is 1.43. The number of hydrogen-bond donors (Lipinski definition) is 1. The van der Waals surface area contributed by atoms with Crippen molar-refractivity contribution >= 4 is 5.91 Å². The maximum absolute atomic E-state index is 13.4. The van der Waals surface area contributed by atoms with Crippen LogP contribution in [0.4, 0.5) is 4.39 Å². The normalized spacial score (nSPS) is 11.7. The lowest BCUT2D eigenvalue weighted by atomic mass is 10.1. The van der Waals surface area contributed by atoms with Crippen molar-refractivity contribution in [2.45, 2.75) is 32.4 Å². The van der Waals surface area contributed by atoms with Crippen molar-refractivity contribution in [3.63, 3.8) is 0 Å². The summed E-state index contributed by atoms with van der Waals surface area (Å²) in [6.45, 7) is 1.72. The standard InChI is InChI=1S/C23H24FN3O3/c1-16(8-9-17-6-4-3-5-7-17)25-22(28)15-27-23(29)13-12-20(26-27)19-11-10-18(24)14-21(19)30-2/h3-7,10-14,16H,8-9,15H2,1-2H3,(H,25,28)/t16-/m1/s1. The van der Waals surface area contributed by atoms with Crippen LogP contribution in [0.2, 0.25) is 0 Å². The first-order valence-electron chi connectivity index (χ1n) is 9.71. The molecule has 0 aliphatic carbocycles. The molecule has 0 aliphatic rings. The van der Waals surface area contributed by atoms with E-state index in [1.165, 1.54) is 43.0 Å². The van der Waals surface area contributed by atoms with Gasteiger partial charge in [0.2, 0.25) is 5.91 Å². The summed E-state index contributed by atoms with van der Waals surface area (Å²) in [4.78, 5) is 24.6. The van der Waals surface area contributed by atoms with Gasteiger partial charge < -0.3 is 10.1 Å². The number of carbonyl (C=O) groups excluding carboxylic acids is 1. The van der Waals surface area contributed by atoms with Crippen molar-refractivity contribution in [2.24, 2.45) is 0 Å². The average Bonchev–Trinajstić information content (AvgIpc) is 2.74. The van der Waals surface area contributed by atoms with E-state index in [-0.39, 0.29) is 18.5 Å². The van der Waals surface area contributed by atoms with Crippen LogP contribution in [0, 0.1) is 5.82 Å². The molecule has 0 radical (unpaired) electrons. The van der Waals surface area contributed by atoms with Crippen LogP contribution in [-0.4, -0.2) is 28.8 Å². The highest BCUT2D eigenvalue weighted by Gasteiger charge is 2.13. The van der Waals surface area contributed by atoms with Crippen LogP contribution < -0.4 is 15.6 Å². The second-order valence-electron chi connectivity index (χ2n) is 7.05. The van der Waals surface area contributed by atoms with Gasteiger partial charge in [-0.05, 0) is 43.5 Å². The lowest BCUT2D eigenvalue weighted by Crippen LogP contribution is -2.38. The van der Waals surface area contributed by atoms with Crippen molar-refractivity contribution in [3.05, 3.63) is 82.4 Å². The number of benzene rings is 2. The SMILES string of the molecule is COc1cc(F)ccc1-c1ccc(=O)n(CC(=O)N[C@H](C)CCc2ccccc2)n1.